The Morgan fingerprint density at radius 3 is 2.56 bits per heavy atom. The van der Waals surface area contributed by atoms with Crippen molar-refractivity contribution in [1.29, 1.82) is 0 Å². The molecule has 2 heteroatoms. The van der Waals surface area contributed by atoms with Gasteiger partial charge in [0.2, 0.25) is 0 Å². The molecule has 0 saturated carbocycles. The van der Waals surface area contributed by atoms with Crippen LogP contribution >= 0.6 is 11.3 Å². The first kappa shape index (κ1) is 11.4. The van der Waals surface area contributed by atoms with Crippen molar-refractivity contribution in [2.24, 2.45) is 0 Å². The smallest absolute Gasteiger partial charge is 0.0320 e. The number of thiophene rings is 1. The average Bonchev–Trinajstić information content (AvgIpc) is 2.84. The summed E-state index contributed by atoms with van der Waals surface area (Å²) in [5, 5.41) is 5.72. The van der Waals surface area contributed by atoms with E-state index >= 15 is 0 Å². The highest BCUT2D eigenvalue weighted by Gasteiger charge is 2.07. The predicted molar refractivity (Wildman–Crippen MR) is 70.6 cm³/mol. The molecule has 1 atom stereocenters. The molecule has 2 aromatic rings. The SMILES string of the molecule is CCC(NCc1cccs1)c1ccccc1. The van der Waals surface area contributed by atoms with Crippen LogP contribution in [-0.2, 0) is 6.54 Å². The molecule has 1 unspecified atom stereocenters. The van der Waals surface area contributed by atoms with Gasteiger partial charge in [0.15, 0.2) is 0 Å². The average molecular weight is 231 g/mol. The lowest BCUT2D eigenvalue weighted by Crippen LogP contribution is -2.19. The second-order valence-corrected chi connectivity index (χ2v) is 4.86. The Bertz CT molecular complexity index is 394. The molecule has 84 valence electrons. The zero-order valence-corrected chi connectivity index (χ0v) is 10.3. The second-order valence-electron chi connectivity index (χ2n) is 3.83. The highest BCUT2D eigenvalue weighted by Crippen LogP contribution is 2.17. The van der Waals surface area contributed by atoms with E-state index in [0.717, 1.165) is 13.0 Å². The molecule has 0 spiro atoms. The van der Waals surface area contributed by atoms with Crippen LogP contribution in [0.25, 0.3) is 0 Å². The lowest BCUT2D eigenvalue weighted by molar-refractivity contribution is 0.522. The van der Waals surface area contributed by atoms with Gasteiger partial charge in [0.25, 0.3) is 0 Å². The van der Waals surface area contributed by atoms with Crippen LogP contribution in [0.2, 0.25) is 0 Å². The van der Waals surface area contributed by atoms with Crippen molar-refractivity contribution in [1.82, 2.24) is 5.32 Å². The molecule has 1 N–H and O–H groups in total. The summed E-state index contributed by atoms with van der Waals surface area (Å²) in [5.41, 5.74) is 1.38. The van der Waals surface area contributed by atoms with Gasteiger partial charge in [-0.15, -0.1) is 11.3 Å². The Balaban J connectivity index is 1.96. The van der Waals surface area contributed by atoms with Gasteiger partial charge >= 0.3 is 0 Å². The maximum atomic E-state index is 3.60. The van der Waals surface area contributed by atoms with E-state index in [1.807, 2.05) is 11.3 Å². The third-order valence-electron chi connectivity index (χ3n) is 2.71. The number of nitrogens with one attached hydrogen (secondary N) is 1. The minimum atomic E-state index is 0.461. The Kier molecular flexibility index (Phi) is 4.14. The monoisotopic (exact) mass is 231 g/mol. The predicted octanol–water partition coefficient (Wildman–Crippen LogP) is 3.99. The van der Waals surface area contributed by atoms with Crippen LogP contribution in [0.15, 0.2) is 47.8 Å². The summed E-state index contributed by atoms with van der Waals surface area (Å²) in [6.45, 7) is 3.18. The molecule has 0 aliphatic carbocycles. The Morgan fingerprint density at radius 1 is 1.12 bits per heavy atom. The van der Waals surface area contributed by atoms with E-state index in [1.54, 1.807) is 0 Å². The number of benzene rings is 1. The van der Waals surface area contributed by atoms with E-state index < -0.39 is 0 Å². The van der Waals surface area contributed by atoms with E-state index in [-0.39, 0.29) is 0 Å². The quantitative estimate of drug-likeness (QED) is 0.820. The molecular formula is C14H17NS. The van der Waals surface area contributed by atoms with Crippen molar-refractivity contribution in [2.45, 2.75) is 25.9 Å². The van der Waals surface area contributed by atoms with Gasteiger partial charge in [0.05, 0.1) is 0 Å². The first-order valence-electron chi connectivity index (χ1n) is 5.71. The van der Waals surface area contributed by atoms with Gasteiger partial charge in [0, 0.05) is 17.5 Å². The van der Waals surface area contributed by atoms with E-state index in [9.17, 15) is 0 Å². The third-order valence-corrected chi connectivity index (χ3v) is 3.59. The zero-order chi connectivity index (χ0) is 11.2. The Hall–Kier alpha value is -1.12. The van der Waals surface area contributed by atoms with Gasteiger partial charge in [0.1, 0.15) is 0 Å². The largest absolute Gasteiger partial charge is 0.305 e. The summed E-state index contributed by atoms with van der Waals surface area (Å²) in [4.78, 5) is 1.40. The fraction of sp³-hybridized carbons (Fsp3) is 0.286. The Morgan fingerprint density at radius 2 is 1.94 bits per heavy atom. The molecule has 1 nitrogen and oxygen atoms in total. The maximum Gasteiger partial charge on any atom is 0.0320 e. The van der Waals surface area contributed by atoms with Crippen molar-refractivity contribution in [3.63, 3.8) is 0 Å². The lowest BCUT2D eigenvalue weighted by Gasteiger charge is -2.16. The van der Waals surface area contributed by atoms with Gasteiger partial charge in [-0.2, -0.15) is 0 Å². The molecule has 1 aromatic carbocycles. The molecule has 0 fully saturated rings. The van der Waals surface area contributed by atoms with E-state index in [0.29, 0.717) is 6.04 Å². The summed E-state index contributed by atoms with van der Waals surface area (Å²) < 4.78 is 0. The summed E-state index contributed by atoms with van der Waals surface area (Å²) in [7, 11) is 0. The zero-order valence-electron chi connectivity index (χ0n) is 9.52. The van der Waals surface area contributed by atoms with Gasteiger partial charge in [-0.05, 0) is 23.4 Å². The van der Waals surface area contributed by atoms with Crippen molar-refractivity contribution >= 4 is 11.3 Å². The minimum absolute atomic E-state index is 0.461. The first-order chi connectivity index (χ1) is 7.90. The highest BCUT2D eigenvalue weighted by molar-refractivity contribution is 7.09. The van der Waals surface area contributed by atoms with Crippen LogP contribution in [0.4, 0.5) is 0 Å². The van der Waals surface area contributed by atoms with E-state index in [1.165, 1.54) is 10.4 Å². The Labute approximate surface area is 101 Å². The van der Waals surface area contributed by atoms with Gasteiger partial charge < -0.3 is 5.32 Å². The molecule has 2 rings (SSSR count). The molecule has 1 aromatic heterocycles. The molecule has 1 heterocycles. The van der Waals surface area contributed by atoms with Gasteiger partial charge in [-0.25, -0.2) is 0 Å². The molecular weight excluding hydrogens is 214 g/mol. The van der Waals surface area contributed by atoms with Crippen LogP contribution in [0, 0.1) is 0 Å². The third kappa shape index (κ3) is 2.94. The number of hydrogen-bond acceptors (Lipinski definition) is 2. The van der Waals surface area contributed by atoms with Crippen molar-refractivity contribution in [3.8, 4) is 0 Å². The van der Waals surface area contributed by atoms with E-state index in [2.05, 4.69) is 60.1 Å². The fourth-order valence-corrected chi connectivity index (χ4v) is 2.48. The number of hydrogen-bond donors (Lipinski definition) is 1. The summed E-state index contributed by atoms with van der Waals surface area (Å²) in [6.07, 6.45) is 1.12. The van der Waals surface area contributed by atoms with E-state index in [4.69, 9.17) is 0 Å². The highest BCUT2D eigenvalue weighted by atomic mass is 32.1. The van der Waals surface area contributed by atoms with Crippen molar-refractivity contribution in [2.75, 3.05) is 0 Å². The lowest BCUT2D eigenvalue weighted by atomic mass is 10.0. The molecule has 16 heavy (non-hydrogen) atoms. The second kappa shape index (κ2) is 5.83. The molecule has 0 saturated heterocycles. The van der Waals surface area contributed by atoms with Crippen LogP contribution in [0.5, 0.6) is 0 Å². The first-order valence-corrected chi connectivity index (χ1v) is 6.59. The summed E-state index contributed by atoms with van der Waals surface area (Å²) in [6, 6.07) is 15.4. The molecule has 0 aliphatic heterocycles. The van der Waals surface area contributed by atoms with Crippen LogP contribution in [0.1, 0.15) is 29.8 Å². The van der Waals surface area contributed by atoms with Crippen molar-refractivity contribution < 1.29 is 0 Å². The topological polar surface area (TPSA) is 12.0 Å². The standard InChI is InChI=1S/C14H17NS/c1-2-14(12-7-4-3-5-8-12)15-11-13-9-6-10-16-13/h3-10,14-15H,2,11H2,1H3. The molecule has 0 aliphatic rings. The minimum Gasteiger partial charge on any atom is -0.305 e. The summed E-state index contributed by atoms with van der Waals surface area (Å²) >= 11 is 1.81. The summed E-state index contributed by atoms with van der Waals surface area (Å²) in [5.74, 6) is 0. The van der Waals surface area contributed by atoms with Gasteiger partial charge in [-0.3, -0.25) is 0 Å². The molecule has 0 bridgehead atoms. The van der Waals surface area contributed by atoms with Crippen LogP contribution in [-0.4, -0.2) is 0 Å². The fourth-order valence-electron chi connectivity index (χ4n) is 1.82. The normalized spacial score (nSPS) is 12.6. The molecule has 0 radical (unpaired) electrons. The maximum absolute atomic E-state index is 3.60. The number of rotatable bonds is 5. The van der Waals surface area contributed by atoms with Crippen molar-refractivity contribution in [3.05, 3.63) is 58.3 Å². The van der Waals surface area contributed by atoms with Crippen LogP contribution < -0.4 is 5.32 Å². The van der Waals surface area contributed by atoms with Gasteiger partial charge in [-0.1, -0.05) is 43.3 Å². The van der Waals surface area contributed by atoms with Crippen LogP contribution in [0.3, 0.4) is 0 Å². The molecule has 0 amide bonds.